The predicted molar refractivity (Wildman–Crippen MR) is 305 cm³/mol. The smallest absolute Gasteiger partial charge is 0.0541 e. The van der Waals surface area contributed by atoms with Crippen LogP contribution in [0.15, 0.2) is 225 Å². The second-order valence-electron chi connectivity index (χ2n) is 21.2. The summed E-state index contributed by atoms with van der Waals surface area (Å²) in [5, 5.41) is 2.56. The molecule has 0 N–H and O–H groups in total. The average Bonchev–Trinajstić information content (AvgIpc) is 4.14. The van der Waals surface area contributed by atoms with E-state index in [1.165, 1.54) is 122 Å². The third-order valence-electron chi connectivity index (χ3n) is 17.0. The minimum Gasteiger partial charge on any atom is -0.309 e. The van der Waals surface area contributed by atoms with E-state index in [0.29, 0.717) is 11.8 Å². The summed E-state index contributed by atoms with van der Waals surface area (Å²) in [6.45, 7) is 6.90. The normalized spacial score (nSPS) is 18.9. The first kappa shape index (κ1) is 42.6. The van der Waals surface area contributed by atoms with Crippen LogP contribution in [0.5, 0.6) is 0 Å². The van der Waals surface area contributed by atoms with Crippen molar-refractivity contribution in [3.8, 4) is 50.2 Å². The molecule has 3 unspecified atom stereocenters. The summed E-state index contributed by atoms with van der Waals surface area (Å²) < 4.78 is 2.47. The van der Waals surface area contributed by atoms with Gasteiger partial charge in [-0.2, -0.15) is 0 Å². The van der Waals surface area contributed by atoms with Crippen molar-refractivity contribution in [2.24, 2.45) is 5.92 Å². The Morgan fingerprint density at radius 2 is 1.01 bits per heavy atom. The lowest BCUT2D eigenvalue weighted by Gasteiger charge is -2.29. The lowest BCUT2D eigenvalue weighted by molar-refractivity contribution is 0.394. The number of nitrogens with zero attached hydrogens (tertiary/aromatic N) is 1. The van der Waals surface area contributed by atoms with E-state index >= 15 is 0 Å². The summed E-state index contributed by atoms with van der Waals surface area (Å²) >= 11 is 0. The van der Waals surface area contributed by atoms with E-state index in [2.05, 4.69) is 268 Å². The molecule has 1 nitrogen and oxygen atoms in total. The van der Waals surface area contributed by atoms with Gasteiger partial charge in [0.1, 0.15) is 0 Å². The fourth-order valence-electron chi connectivity index (χ4n) is 13.4. The number of fused-ring (bicyclic) bond motifs is 13. The SMILES string of the molecule is C/C=C/c1ccc(-c2ccc3c(c2)C2(CCc4ccccc42)c2cc(-c4ccc(/C=C/c5ccc(-c6ccc7c(c6)c6ccccc6n7-c6ccc7c(c6)C(C)(C)C6C=CC=CC76)cc5)cc4)ccc2-3)cc1. The molecule has 1 heteroatoms. The number of para-hydroxylation sites is 1. The molecular formula is C71H55N. The molecule has 0 saturated carbocycles. The second kappa shape index (κ2) is 16.4. The monoisotopic (exact) mass is 921 g/mol. The van der Waals surface area contributed by atoms with Crippen LogP contribution in [0.25, 0.3) is 90.2 Å². The van der Waals surface area contributed by atoms with E-state index in [0.717, 1.165) is 12.8 Å². The van der Waals surface area contributed by atoms with E-state index in [1.54, 1.807) is 0 Å². The van der Waals surface area contributed by atoms with Crippen molar-refractivity contribution < 1.29 is 0 Å². The van der Waals surface area contributed by atoms with Crippen LogP contribution in [0.1, 0.15) is 83.2 Å². The molecule has 0 aliphatic heterocycles. The van der Waals surface area contributed by atoms with Gasteiger partial charge in [0.15, 0.2) is 0 Å². The topological polar surface area (TPSA) is 4.93 Å². The van der Waals surface area contributed by atoms with Crippen LogP contribution in [-0.4, -0.2) is 4.57 Å². The molecule has 0 bridgehead atoms. The van der Waals surface area contributed by atoms with Crippen LogP contribution in [0, 0.1) is 5.92 Å². The lowest BCUT2D eigenvalue weighted by Crippen LogP contribution is -2.24. The number of rotatable bonds is 7. The van der Waals surface area contributed by atoms with Crippen LogP contribution in [0.4, 0.5) is 0 Å². The highest BCUT2D eigenvalue weighted by atomic mass is 15.0. The molecule has 0 radical (unpaired) electrons. The summed E-state index contributed by atoms with van der Waals surface area (Å²) in [6.07, 6.45) is 20.1. The van der Waals surface area contributed by atoms with Gasteiger partial charge in [-0.1, -0.05) is 214 Å². The van der Waals surface area contributed by atoms with Gasteiger partial charge in [0.2, 0.25) is 0 Å². The lowest BCUT2D eigenvalue weighted by atomic mass is 9.72. The third-order valence-corrected chi connectivity index (χ3v) is 17.0. The quantitative estimate of drug-likeness (QED) is 0.140. The molecule has 3 atom stereocenters. The molecule has 72 heavy (non-hydrogen) atoms. The van der Waals surface area contributed by atoms with Gasteiger partial charge in [-0.05, 0) is 168 Å². The van der Waals surface area contributed by atoms with E-state index in [1.807, 2.05) is 0 Å². The van der Waals surface area contributed by atoms with Gasteiger partial charge in [-0.15, -0.1) is 0 Å². The highest BCUT2D eigenvalue weighted by molar-refractivity contribution is 6.10. The van der Waals surface area contributed by atoms with Gasteiger partial charge in [0, 0.05) is 27.8 Å². The number of allylic oxidation sites excluding steroid dienone is 5. The summed E-state index contributed by atoms with van der Waals surface area (Å²) in [4.78, 5) is 0. The number of aryl methyl sites for hydroxylation is 1. The zero-order valence-corrected chi connectivity index (χ0v) is 41.1. The highest BCUT2D eigenvalue weighted by Crippen LogP contribution is 2.59. The van der Waals surface area contributed by atoms with E-state index in [4.69, 9.17) is 0 Å². The highest BCUT2D eigenvalue weighted by Gasteiger charge is 2.49. The van der Waals surface area contributed by atoms with Crippen molar-refractivity contribution >= 4 is 40.0 Å². The van der Waals surface area contributed by atoms with Crippen LogP contribution >= 0.6 is 0 Å². The predicted octanol–water partition coefficient (Wildman–Crippen LogP) is 18.4. The zero-order chi connectivity index (χ0) is 48.1. The molecular weight excluding hydrogens is 867 g/mol. The minimum atomic E-state index is -0.167. The van der Waals surface area contributed by atoms with Crippen molar-refractivity contribution in [3.05, 3.63) is 275 Å². The van der Waals surface area contributed by atoms with Gasteiger partial charge in [0.05, 0.1) is 11.0 Å². The van der Waals surface area contributed by atoms with Crippen molar-refractivity contribution in [1.29, 1.82) is 0 Å². The average molecular weight is 922 g/mol. The molecule has 9 aromatic carbocycles. The molecule has 4 aliphatic rings. The maximum absolute atomic E-state index is 2.50. The first-order chi connectivity index (χ1) is 35.4. The largest absolute Gasteiger partial charge is 0.309 e. The Morgan fingerprint density at radius 1 is 0.458 bits per heavy atom. The van der Waals surface area contributed by atoms with Crippen LogP contribution < -0.4 is 0 Å². The molecule has 0 saturated heterocycles. The van der Waals surface area contributed by atoms with Crippen LogP contribution in [-0.2, 0) is 17.3 Å². The Balaban J connectivity index is 0.727. The Labute approximate surface area is 423 Å². The van der Waals surface area contributed by atoms with E-state index < -0.39 is 0 Å². The summed E-state index contributed by atoms with van der Waals surface area (Å²) in [5.41, 5.74) is 26.1. The molecule has 344 valence electrons. The first-order valence-corrected chi connectivity index (χ1v) is 25.9. The van der Waals surface area contributed by atoms with Gasteiger partial charge < -0.3 is 4.57 Å². The maximum Gasteiger partial charge on any atom is 0.0541 e. The number of hydrogen-bond donors (Lipinski definition) is 0. The Hall–Kier alpha value is -8.26. The van der Waals surface area contributed by atoms with Gasteiger partial charge in [-0.25, -0.2) is 0 Å². The van der Waals surface area contributed by atoms with Crippen molar-refractivity contribution in [3.63, 3.8) is 0 Å². The fraction of sp³-hybridized carbons (Fsp3) is 0.127. The van der Waals surface area contributed by atoms with Crippen LogP contribution in [0.2, 0.25) is 0 Å². The molecule has 14 rings (SSSR count). The second-order valence-corrected chi connectivity index (χ2v) is 21.2. The fourth-order valence-corrected chi connectivity index (χ4v) is 13.4. The van der Waals surface area contributed by atoms with E-state index in [-0.39, 0.29) is 10.8 Å². The Morgan fingerprint density at radius 3 is 1.68 bits per heavy atom. The van der Waals surface area contributed by atoms with Gasteiger partial charge >= 0.3 is 0 Å². The van der Waals surface area contributed by atoms with Gasteiger partial charge in [0.25, 0.3) is 0 Å². The molecule has 1 aromatic heterocycles. The summed E-state index contributed by atoms with van der Waals surface area (Å²) in [7, 11) is 0. The number of aromatic nitrogens is 1. The molecule has 0 fully saturated rings. The molecule has 10 aromatic rings. The molecule has 1 spiro atoms. The van der Waals surface area contributed by atoms with Crippen molar-refractivity contribution in [1.82, 2.24) is 4.57 Å². The summed E-state index contributed by atoms with van der Waals surface area (Å²) in [6, 6.07) is 73.7. The Kier molecular flexibility index (Phi) is 9.71. The molecule has 4 aliphatic carbocycles. The third kappa shape index (κ3) is 6.53. The number of hydrogen-bond acceptors (Lipinski definition) is 0. The maximum atomic E-state index is 2.50. The molecule has 1 heterocycles. The Bertz CT molecular complexity index is 3940. The van der Waals surface area contributed by atoms with Crippen LogP contribution in [0.3, 0.4) is 0 Å². The standard InChI is InChI=1S/C71H55N/c1-4-11-46-20-26-50(27-21-46)54-32-36-59-60-37-33-55(44-67(60)71(66(59)43-54)41-40-52-12-5-8-15-63(52)71)51-30-24-48(25-31-51)19-18-47-22-28-49(29-23-47)53-34-39-69-62(42-53)61-14-7-10-17-68(61)72(69)56-35-38-58-57-13-6-9-16-64(57)70(2,3)65(58)45-56/h4-39,42-45,57,64H,40-41H2,1-3H3/b11-4+,19-18+. The van der Waals surface area contributed by atoms with Crippen molar-refractivity contribution in [2.45, 2.75) is 50.4 Å². The summed E-state index contributed by atoms with van der Waals surface area (Å²) in [5.74, 6) is 0.935. The zero-order valence-electron chi connectivity index (χ0n) is 41.1. The van der Waals surface area contributed by atoms with Crippen molar-refractivity contribution in [2.75, 3.05) is 0 Å². The van der Waals surface area contributed by atoms with Gasteiger partial charge in [-0.3, -0.25) is 0 Å². The first-order valence-electron chi connectivity index (χ1n) is 25.9. The number of benzene rings is 9. The molecule has 0 amide bonds. The van der Waals surface area contributed by atoms with E-state index in [9.17, 15) is 0 Å². The minimum absolute atomic E-state index is 0.0630.